The molecule has 0 radical (unpaired) electrons. The quantitative estimate of drug-likeness (QED) is 0.711. The summed E-state index contributed by atoms with van der Waals surface area (Å²) in [7, 11) is 1.87. The highest BCUT2D eigenvalue weighted by Gasteiger charge is 2.13. The number of hydrogen-bond acceptors (Lipinski definition) is 4. The van der Waals surface area contributed by atoms with Gasteiger partial charge in [-0.1, -0.05) is 26.0 Å². The van der Waals surface area contributed by atoms with Crippen LogP contribution >= 0.6 is 36.2 Å². The number of hydrogen-bond donors (Lipinski definition) is 1. The third-order valence-electron chi connectivity index (χ3n) is 4.20. The standard InChI is InChI=1S/C18H27N3OS.2ClH/c1-13(2)14(19)11-12-21(3)18(22)10-6-9-17-20-15-7-4-5-8-16(15)23-17;;/h4-5,7-8,13-14H,6,9-12,19H2,1-3H3;2*1H. The Morgan fingerprint density at radius 2 is 1.96 bits per heavy atom. The van der Waals surface area contributed by atoms with E-state index >= 15 is 0 Å². The van der Waals surface area contributed by atoms with Crippen molar-refractivity contribution in [3.8, 4) is 0 Å². The van der Waals surface area contributed by atoms with E-state index in [9.17, 15) is 4.79 Å². The van der Waals surface area contributed by atoms with Gasteiger partial charge in [0.05, 0.1) is 15.2 Å². The van der Waals surface area contributed by atoms with E-state index in [1.807, 2.05) is 25.2 Å². The Labute approximate surface area is 167 Å². The van der Waals surface area contributed by atoms with E-state index in [0.717, 1.165) is 36.3 Å². The number of fused-ring (bicyclic) bond motifs is 1. The lowest BCUT2D eigenvalue weighted by molar-refractivity contribution is -0.130. The van der Waals surface area contributed by atoms with E-state index < -0.39 is 0 Å². The molecule has 0 saturated carbocycles. The molecule has 2 rings (SSSR count). The Morgan fingerprint density at radius 1 is 1.28 bits per heavy atom. The molecule has 0 aliphatic rings. The summed E-state index contributed by atoms with van der Waals surface area (Å²) in [5, 5.41) is 1.11. The number of thiazole rings is 1. The van der Waals surface area contributed by atoms with Gasteiger partial charge in [0.25, 0.3) is 0 Å². The van der Waals surface area contributed by atoms with Crippen LogP contribution in [0.2, 0.25) is 0 Å². The minimum atomic E-state index is 0. The molecule has 0 saturated heterocycles. The molecule has 1 amide bonds. The Hall–Kier alpha value is -0.880. The summed E-state index contributed by atoms with van der Waals surface area (Å²) in [6.07, 6.45) is 3.14. The van der Waals surface area contributed by atoms with Gasteiger partial charge < -0.3 is 10.6 Å². The van der Waals surface area contributed by atoms with Gasteiger partial charge in [0.2, 0.25) is 5.91 Å². The Kier molecular flexibility index (Phi) is 11.3. The van der Waals surface area contributed by atoms with Crippen molar-refractivity contribution < 1.29 is 4.79 Å². The molecule has 0 spiro atoms. The number of carbonyl (C=O) groups is 1. The summed E-state index contributed by atoms with van der Waals surface area (Å²) in [4.78, 5) is 18.6. The maximum absolute atomic E-state index is 12.2. The first-order chi connectivity index (χ1) is 11.0. The predicted molar refractivity (Wildman–Crippen MR) is 112 cm³/mol. The molecule has 2 aromatic rings. The SMILES string of the molecule is CC(C)C(N)CCN(C)C(=O)CCCc1nc2ccccc2s1.Cl.Cl. The lowest BCUT2D eigenvalue weighted by Gasteiger charge is -2.21. The van der Waals surface area contributed by atoms with Crippen LogP contribution in [0.25, 0.3) is 10.2 Å². The first kappa shape index (κ1) is 24.1. The molecule has 0 aliphatic carbocycles. The molecule has 1 heterocycles. The average molecular weight is 406 g/mol. The highest BCUT2D eigenvalue weighted by Crippen LogP contribution is 2.22. The van der Waals surface area contributed by atoms with E-state index in [4.69, 9.17) is 5.73 Å². The summed E-state index contributed by atoms with van der Waals surface area (Å²) < 4.78 is 1.22. The van der Waals surface area contributed by atoms with Crippen LogP contribution in [0.3, 0.4) is 0 Å². The number of carbonyl (C=O) groups excluding carboxylic acids is 1. The largest absolute Gasteiger partial charge is 0.346 e. The lowest BCUT2D eigenvalue weighted by Crippen LogP contribution is -2.34. The van der Waals surface area contributed by atoms with E-state index in [2.05, 4.69) is 24.9 Å². The second-order valence-electron chi connectivity index (χ2n) is 6.44. The molecule has 1 unspecified atom stereocenters. The van der Waals surface area contributed by atoms with Crippen LogP contribution in [0, 0.1) is 5.92 Å². The highest BCUT2D eigenvalue weighted by molar-refractivity contribution is 7.18. The topological polar surface area (TPSA) is 59.2 Å². The minimum Gasteiger partial charge on any atom is -0.346 e. The second-order valence-corrected chi connectivity index (χ2v) is 7.56. The van der Waals surface area contributed by atoms with Crippen molar-refractivity contribution in [3.63, 3.8) is 0 Å². The zero-order valence-corrected chi connectivity index (χ0v) is 17.6. The second kappa shape index (κ2) is 11.7. The third-order valence-corrected chi connectivity index (χ3v) is 5.30. The number of para-hydroxylation sites is 1. The number of halogens is 2. The zero-order valence-electron chi connectivity index (χ0n) is 15.1. The number of aryl methyl sites for hydroxylation is 1. The first-order valence-electron chi connectivity index (χ1n) is 8.31. The van der Waals surface area contributed by atoms with E-state index in [0.29, 0.717) is 12.3 Å². The summed E-state index contributed by atoms with van der Waals surface area (Å²) >= 11 is 1.72. The van der Waals surface area contributed by atoms with Crippen molar-refractivity contribution in [2.45, 2.75) is 45.6 Å². The molecular weight excluding hydrogens is 377 g/mol. The minimum absolute atomic E-state index is 0. The molecule has 142 valence electrons. The monoisotopic (exact) mass is 405 g/mol. The number of nitrogens with two attached hydrogens (primary N) is 1. The van der Waals surface area contributed by atoms with Crippen LogP contribution in [0.1, 0.15) is 38.1 Å². The van der Waals surface area contributed by atoms with Gasteiger partial charge in [-0.3, -0.25) is 4.79 Å². The van der Waals surface area contributed by atoms with Crippen LogP contribution < -0.4 is 5.73 Å². The van der Waals surface area contributed by atoms with Crippen LogP contribution in [0.15, 0.2) is 24.3 Å². The van der Waals surface area contributed by atoms with Crippen molar-refractivity contribution in [2.24, 2.45) is 11.7 Å². The van der Waals surface area contributed by atoms with Crippen LogP contribution in [0.4, 0.5) is 0 Å². The van der Waals surface area contributed by atoms with Gasteiger partial charge in [0.15, 0.2) is 0 Å². The normalized spacial score (nSPS) is 11.7. The fraction of sp³-hybridized carbons (Fsp3) is 0.556. The van der Waals surface area contributed by atoms with Crippen LogP contribution in [-0.4, -0.2) is 35.4 Å². The molecule has 0 aliphatic heterocycles. The lowest BCUT2D eigenvalue weighted by atomic mass is 10.0. The average Bonchev–Trinajstić information content (AvgIpc) is 2.94. The summed E-state index contributed by atoms with van der Waals surface area (Å²) in [5.41, 5.74) is 7.09. The molecule has 2 N–H and O–H groups in total. The Balaban J connectivity index is 0.00000288. The fourth-order valence-corrected chi connectivity index (χ4v) is 3.42. The number of benzene rings is 1. The molecular formula is C18H29Cl2N3OS. The van der Waals surface area contributed by atoms with Gasteiger partial charge in [-0.15, -0.1) is 36.2 Å². The maximum atomic E-state index is 12.2. The molecule has 1 aromatic heterocycles. The van der Waals surface area contributed by atoms with Gasteiger partial charge in [-0.2, -0.15) is 0 Å². The smallest absolute Gasteiger partial charge is 0.222 e. The van der Waals surface area contributed by atoms with Gasteiger partial charge in [-0.25, -0.2) is 4.98 Å². The Morgan fingerprint density at radius 3 is 2.60 bits per heavy atom. The molecule has 0 fully saturated rings. The molecule has 4 nitrogen and oxygen atoms in total. The molecule has 0 bridgehead atoms. The molecule has 7 heteroatoms. The summed E-state index contributed by atoms with van der Waals surface area (Å²) in [5.74, 6) is 0.652. The molecule has 1 atom stereocenters. The van der Waals surface area contributed by atoms with Gasteiger partial charge >= 0.3 is 0 Å². The highest BCUT2D eigenvalue weighted by atomic mass is 35.5. The van der Waals surface area contributed by atoms with Crippen LogP contribution in [-0.2, 0) is 11.2 Å². The molecule has 25 heavy (non-hydrogen) atoms. The summed E-state index contributed by atoms with van der Waals surface area (Å²) in [6.45, 7) is 4.97. The van der Waals surface area contributed by atoms with Crippen molar-refractivity contribution in [2.75, 3.05) is 13.6 Å². The third kappa shape index (κ3) is 7.48. The van der Waals surface area contributed by atoms with Crippen molar-refractivity contribution in [1.29, 1.82) is 0 Å². The zero-order chi connectivity index (χ0) is 16.8. The number of nitrogens with zero attached hydrogens (tertiary/aromatic N) is 2. The van der Waals surface area contributed by atoms with E-state index in [1.54, 1.807) is 16.2 Å². The predicted octanol–water partition coefficient (Wildman–Crippen LogP) is 4.29. The van der Waals surface area contributed by atoms with Gasteiger partial charge in [0, 0.05) is 26.1 Å². The molecule has 1 aromatic carbocycles. The van der Waals surface area contributed by atoms with E-state index in [1.165, 1.54) is 4.70 Å². The Bertz CT molecular complexity index is 615. The number of amides is 1. The summed E-state index contributed by atoms with van der Waals surface area (Å²) in [6, 6.07) is 8.32. The fourth-order valence-electron chi connectivity index (χ4n) is 2.41. The number of rotatable bonds is 8. The van der Waals surface area contributed by atoms with Gasteiger partial charge in [0.1, 0.15) is 0 Å². The van der Waals surface area contributed by atoms with Crippen molar-refractivity contribution in [3.05, 3.63) is 29.3 Å². The van der Waals surface area contributed by atoms with Crippen molar-refractivity contribution >= 4 is 52.3 Å². The van der Waals surface area contributed by atoms with E-state index in [-0.39, 0.29) is 36.8 Å². The van der Waals surface area contributed by atoms with Crippen molar-refractivity contribution in [1.82, 2.24) is 9.88 Å². The maximum Gasteiger partial charge on any atom is 0.222 e. The number of aromatic nitrogens is 1. The van der Waals surface area contributed by atoms with Gasteiger partial charge in [-0.05, 0) is 37.3 Å². The van der Waals surface area contributed by atoms with Crippen LogP contribution in [0.5, 0.6) is 0 Å². The first-order valence-corrected chi connectivity index (χ1v) is 9.13.